The Labute approximate surface area is 214 Å². The van der Waals surface area contributed by atoms with Crippen molar-refractivity contribution in [1.29, 1.82) is 0 Å². The van der Waals surface area contributed by atoms with E-state index in [0.29, 0.717) is 39.3 Å². The van der Waals surface area contributed by atoms with Gasteiger partial charge in [-0.05, 0) is 87.1 Å². The molecule has 9 heteroatoms. The Morgan fingerprint density at radius 3 is 2.46 bits per heavy atom. The summed E-state index contributed by atoms with van der Waals surface area (Å²) in [6, 6.07) is 10.9. The summed E-state index contributed by atoms with van der Waals surface area (Å²) in [5.41, 5.74) is 2.84. The van der Waals surface area contributed by atoms with E-state index in [1.807, 2.05) is 12.1 Å². The lowest BCUT2D eigenvalue weighted by atomic mass is 9.89. The van der Waals surface area contributed by atoms with E-state index in [0.717, 1.165) is 38.9 Å². The van der Waals surface area contributed by atoms with Gasteiger partial charge in [-0.2, -0.15) is 0 Å². The third kappa shape index (κ3) is 6.34. The largest absolute Gasteiger partial charge is 0.352 e. The summed E-state index contributed by atoms with van der Waals surface area (Å²) in [6.45, 7) is 5.09. The van der Waals surface area contributed by atoms with Crippen LogP contribution in [0.15, 0.2) is 53.7 Å². The molecule has 1 fully saturated rings. The highest BCUT2D eigenvalue weighted by atomic mass is 35.5. The topological polar surface area (TPSA) is 73.5 Å². The second-order valence-electron chi connectivity index (χ2n) is 9.02. The maximum Gasteiger partial charge on any atom is 0.319 e. The van der Waals surface area contributed by atoms with Crippen LogP contribution in [0.1, 0.15) is 49.3 Å². The summed E-state index contributed by atoms with van der Waals surface area (Å²) in [7, 11) is 0. The van der Waals surface area contributed by atoms with Crippen molar-refractivity contribution in [3.63, 3.8) is 0 Å². The molecule has 2 aromatic carbocycles. The SMILES string of the molecule is CC1=C(C(=O)NCCCN2CCC(c3ccc(F)cc3)CC2)[C@@H](c2ccc(Cl)c(Cl)c2)NC(=O)N1. The molecule has 3 N–H and O–H groups in total. The number of benzene rings is 2. The van der Waals surface area contributed by atoms with Crippen molar-refractivity contribution < 1.29 is 14.0 Å². The van der Waals surface area contributed by atoms with E-state index in [-0.39, 0.29) is 17.8 Å². The molecule has 0 radical (unpaired) electrons. The summed E-state index contributed by atoms with van der Waals surface area (Å²) in [5.74, 6) is 0.0312. The van der Waals surface area contributed by atoms with Crippen molar-refractivity contribution in [2.24, 2.45) is 0 Å². The number of amides is 3. The van der Waals surface area contributed by atoms with Crippen LogP contribution in [0, 0.1) is 5.82 Å². The monoisotopic (exact) mass is 518 g/mol. The van der Waals surface area contributed by atoms with E-state index in [1.165, 1.54) is 17.7 Å². The maximum atomic E-state index is 13.2. The number of hydrogen-bond acceptors (Lipinski definition) is 3. The van der Waals surface area contributed by atoms with Gasteiger partial charge in [-0.15, -0.1) is 0 Å². The smallest absolute Gasteiger partial charge is 0.319 e. The number of likely N-dealkylation sites (tertiary alicyclic amines) is 1. The molecule has 0 bridgehead atoms. The normalized spacial score (nSPS) is 19.3. The van der Waals surface area contributed by atoms with E-state index < -0.39 is 6.04 Å². The first-order valence-corrected chi connectivity index (χ1v) is 12.6. The van der Waals surface area contributed by atoms with Gasteiger partial charge in [0.1, 0.15) is 5.82 Å². The van der Waals surface area contributed by atoms with Crippen LogP contribution < -0.4 is 16.0 Å². The van der Waals surface area contributed by atoms with Crippen molar-refractivity contribution in [3.8, 4) is 0 Å². The van der Waals surface area contributed by atoms with E-state index in [9.17, 15) is 14.0 Å². The third-order valence-electron chi connectivity index (χ3n) is 6.66. The number of piperidine rings is 1. The Bertz CT molecular complexity index is 1110. The molecule has 6 nitrogen and oxygen atoms in total. The van der Waals surface area contributed by atoms with E-state index in [2.05, 4.69) is 20.9 Å². The van der Waals surface area contributed by atoms with Crippen LogP contribution in [0.5, 0.6) is 0 Å². The molecule has 0 saturated carbocycles. The number of rotatable bonds is 7. The number of hydrogen-bond donors (Lipinski definition) is 3. The molecule has 186 valence electrons. The number of halogens is 3. The Morgan fingerprint density at radius 2 is 1.77 bits per heavy atom. The number of urea groups is 1. The lowest BCUT2D eigenvalue weighted by Gasteiger charge is -2.32. The van der Waals surface area contributed by atoms with Crippen LogP contribution in [-0.2, 0) is 4.79 Å². The number of nitrogens with one attached hydrogen (secondary N) is 3. The third-order valence-corrected chi connectivity index (χ3v) is 7.40. The number of allylic oxidation sites excluding steroid dienone is 1. The molecule has 0 spiro atoms. The fourth-order valence-corrected chi connectivity index (χ4v) is 5.07. The number of nitrogens with zero attached hydrogens (tertiary/aromatic N) is 1. The van der Waals surface area contributed by atoms with E-state index >= 15 is 0 Å². The summed E-state index contributed by atoms with van der Waals surface area (Å²) in [4.78, 5) is 27.5. The predicted octanol–water partition coefficient (Wildman–Crippen LogP) is 5.15. The number of carbonyl (C=O) groups excluding carboxylic acids is 2. The highest BCUT2D eigenvalue weighted by Gasteiger charge is 2.31. The second-order valence-corrected chi connectivity index (χ2v) is 9.84. The molecule has 1 saturated heterocycles. The Balaban J connectivity index is 1.28. The van der Waals surface area contributed by atoms with Gasteiger partial charge in [-0.25, -0.2) is 9.18 Å². The fourth-order valence-electron chi connectivity index (χ4n) is 4.76. The highest BCUT2D eigenvalue weighted by molar-refractivity contribution is 6.42. The highest BCUT2D eigenvalue weighted by Crippen LogP contribution is 2.31. The van der Waals surface area contributed by atoms with Crippen LogP contribution >= 0.6 is 23.2 Å². The van der Waals surface area contributed by atoms with Gasteiger partial charge in [0.05, 0.1) is 21.7 Å². The minimum absolute atomic E-state index is 0.200. The molecular weight excluding hydrogens is 490 g/mol. The van der Waals surface area contributed by atoms with E-state index in [4.69, 9.17) is 23.2 Å². The quantitative estimate of drug-likeness (QED) is 0.444. The van der Waals surface area contributed by atoms with Gasteiger partial charge < -0.3 is 20.9 Å². The fraction of sp³-hybridized carbons (Fsp3) is 0.385. The Morgan fingerprint density at radius 1 is 1.09 bits per heavy atom. The zero-order valence-corrected chi connectivity index (χ0v) is 21.1. The van der Waals surface area contributed by atoms with Gasteiger partial charge in [-0.1, -0.05) is 41.4 Å². The molecule has 2 aliphatic rings. The molecule has 35 heavy (non-hydrogen) atoms. The minimum atomic E-state index is -0.621. The Hall–Kier alpha value is -2.61. The first-order chi connectivity index (χ1) is 16.8. The standard InChI is InChI=1S/C26H29Cl2FN4O2/c1-16-23(24(32-26(35)31-16)19-5-8-21(27)22(28)15-19)25(34)30-11-2-12-33-13-9-18(10-14-33)17-3-6-20(29)7-4-17/h3-8,15,18,24H,2,9-14H2,1H3,(H,30,34)(H2,31,32,35)/t24-/m1/s1. The van der Waals surface area contributed by atoms with Gasteiger partial charge in [0, 0.05) is 12.2 Å². The van der Waals surface area contributed by atoms with Crippen molar-refractivity contribution in [2.45, 2.75) is 38.1 Å². The second kappa shape index (κ2) is 11.4. The average Bonchev–Trinajstić information content (AvgIpc) is 2.84. The molecule has 0 aliphatic carbocycles. The molecule has 4 rings (SSSR count). The van der Waals surface area contributed by atoms with Crippen LogP contribution in [0.2, 0.25) is 10.0 Å². The maximum absolute atomic E-state index is 13.2. The molecule has 1 atom stereocenters. The van der Waals surface area contributed by atoms with Crippen LogP contribution in [0.25, 0.3) is 0 Å². The van der Waals surface area contributed by atoms with Crippen molar-refractivity contribution >= 4 is 35.1 Å². The zero-order valence-electron chi connectivity index (χ0n) is 19.5. The van der Waals surface area contributed by atoms with Gasteiger partial charge >= 0.3 is 6.03 Å². The van der Waals surface area contributed by atoms with Crippen LogP contribution in [0.4, 0.5) is 9.18 Å². The van der Waals surface area contributed by atoms with Crippen molar-refractivity contribution in [1.82, 2.24) is 20.9 Å². The van der Waals surface area contributed by atoms with Gasteiger partial charge in [0.15, 0.2) is 0 Å². The first kappa shape index (κ1) is 25.5. The average molecular weight is 519 g/mol. The first-order valence-electron chi connectivity index (χ1n) is 11.8. The molecule has 2 heterocycles. The van der Waals surface area contributed by atoms with Crippen LogP contribution in [-0.4, -0.2) is 43.0 Å². The molecule has 0 aromatic heterocycles. The summed E-state index contributed by atoms with van der Waals surface area (Å²) >= 11 is 12.2. The summed E-state index contributed by atoms with van der Waals surface area (Å²) in [5, 5.41) is 9.24. The predicted molar refractivity (Wildman–Crippen MR) is 136 cm³/mol. The Kier molecular flexibility index (Phi) is 8.31. The van der Waals surface area contributed by atoms with E-state index in [1.54, 1.807) is 25.1 Å². The lowest BCUT2D eigenvalue weighted by molar-refractivity contribution is -0.118. The van der Waals surface area contributed by atoms with Gasteiger partial charge in [0.2, 0.25) is 0 Å². The molecular formula is C26H29Cl2FN4O2. The van der Waals surface area contributed by atoms with Gasteiger partial charge in [0.25, 0.3) is 5.91 Å². The van der Waals surface area contributed by atoms with Crippen LogP contribution in [0.3, 0.4) is 0 Å². The zero-order chi connectivity index (χ0) is 24.9. The van der Waals surface area contributed by atoms with Crippen molar-refractivity contribution in [3.05, 3.63) is 80.7 Å². The summed E-state index contributed by atoms with van der Waals surface area (Å²) < 4.78 is 13.2. The summed E-state index contributed by atoms with van der Waals surface area (Å²) in [6.07, 6.45) is 2.90. The molecule has 0 unspecified atom stereocenters. The molecule has 2 aromatic rings. The molecule has 3 amide bonds. The minimum Gasteiger partial charge on any atom is -0.352 e. The number of carbonyl (C=O) groups is 2. The van der Waals surface area contributed by atoms with Gasteiger partial charge in [-0.3, -0.25) is 4.79 Å². The van der Waals surface area contributed by atoms with Crippen molar-refractivity contribution in [2.75, 3.05) is 26.2 Å². The molecule has 2 aliphatic heterocycles. The lowest BCUT2D eigenvalue weighted by Crippen LogP contribution is -2.47.